The third-order valence-electron chi connectivity index (χ3n) is 1.56. The zero-order valence-electron chi connectivity index (χ0n) is 6.67. The molecule has 14 heavy (non-hydrogen) atoms. The smallest absolute Gasteiger partial charge is 0.337 e. The summed E-state index contributed by atoms with van der Waals surface area (Å²) >= 11 is 10.9. The molecule has 1 atom stereocenters. The number of hydrogen-bond donors (Lipinski definition) is 2. The van der Waals surface area contributed by atoms with Gasteiger partial charge in [-0.15, -0.1) is 0 Å². The minimum Gasteiger partial charge on any atom is -0.479 e. The molecule has 0 saturated carbocycles. The van der Waals surface area contributed by atoms with Crippen LogP contribution in [0.2, 0.25) is 10.0 Å². The average Bonchev–Trinajstić information content (AvgIpc) is 2.12. The first kappa shape index (κ1) is 11.2. The fourth-order valence-electron chi connectivity index (χ4n) is 0.876. The van der Waals surface area contributed by atoms with Crippen LogP contribution in [-0.4, -0.2) is 16.2 Å². The predicted molar refractivity (Wildman–Crippen MR) is 49.0 cm³/mol. The molecule has 0 aliphatic rings. The van der Waals surface area contributed by atoms with E-state index >= 15 is 0 Å². The lowest BCUT2D eigenvalue weighted by Crippen LogP contribution is -2.10. The topological polar surface area (TPSA) is 57.5 Å². The van der Waals surface area contributed by atoms with Gasteiger partial charge in [-0.2, -0.15) is 0 Å². The van der Waals surface area contributed by atoms with E-state index < -0.39 is 17.9 Å². The van der Waals surface area contributed by atoms with Gasteiger partial charge in [0.2, 0.25) is 0 Å². The maximum atomic E-state index is 12.9. The van der Waals surface area contributed by atoms with Gasteiger partial charge in [0.25, 0.3) is 0 Å². The number of carbonyl (C=O) groups is 1. The molecule has 0 radical (unpaired) electrons. The first-order chi connectivity index (χ1) is 6.43. The molecule has 0 unspecified atom stereocenters. The minimum atomic E-state index is -1.81. The van der Waals surface area contributed by atoms with Crippen molar-refractivity contribution in [3.63, 3.8) is 0 Å². The van der Waals surface area contributed by atoms with Gasteiger partial charge in [0.1, 0.15) is 5.82 Å². The van der Waals surface area contributed by atoms with Gasteiger partial charge >= 0.3 is 5.97 Å². The molecule has 0 saturated heterocycles. The zero-order valence-corrected chi connectivity index (χ0v) is 8.18. The van der Waals surface area contributed by atoms with E-state index in [0.29, 0.717) is 0 Å². The second-order valence-electron chi connectivity index (χ2n) is 2.54. The lowest BCUT2D eigenvalue weighted by molar-refractivity contribution is -0.146. The Labute approximate surface area is 88.7 Å². The summed E-state index contributed by atoms with van der Waals surface area (Å²) in [6.07, 6.45) is -1.81. The van der Waals surface area contributed by atoms with Crippen molar-refractivity contribution in [2.45, 2.75) is 6.10 Å². The van der Waals surface area contributed by atoms with E-state index in [1.54, 1.807) is 0 Å². The van der Waals surface area contributed by atoms with Crippen LogP contribution >= 0.6 is 23.2 Å². The van der Waals surface area contributed by atoms with Crippen LogP contribution in [0.15, 0.2) is 12.1 Å². The monoisotopic (exact) mass is 238 g/mol. The third-order valence-corrected chi connectivity index (χ3v) is 2.33. The number of aliphatic carboxylic acids is 1. The van der Waals surface area contributed by atoms with Crippen molar-refractivity contribution in [2.24, 2.45) is 0 Å². The molecule has 3 nitrogen and oxygen atoms in total. The van der Waals surface area contributed by atoms with E-state index in [4.69, 9.17) is 33.4 Å². The third kappa shape index (κ3) is 2.15. The molecule has 0 amide bonds. The van der Waals surface area contributed by atoms with Crippen molar-refractivity contribution in [1.29, 1.82) is 0 Å². The lowest BCUT2D eigenvalue weighted by atomic mass is 10.1. The Morgan fingerprint density at radius 2 is 2.00 bits per heavy atom. The molecule has 2 N–H and O–H groups in total. The van der Waals surface area contributed by atoms with Crippen molar-refractivity contribution >= 4 is 29.2 Å². The Bertz CT molecular complexity index is 358. The molecule has 1 rings (SSSR count). The van der Waals surface area contributed by atoms with E-state index in [2.05, 4.69) is 0 Å². The van der Waals surface area contributed by atoms with Crippen LogP contribution < -0.4 is 0 Å². The summed E-state index contributed by atoms with van der Waals surface area (Å²) in [7, 11) is 0. The van der Waals surface area contributed by atoms with E-state index in [1.165, 1.54) is 0 Å². The quantitative estimate of drug-likeness (QED) is 0.778. The van der Waals surface area contributed by atoms with Crippen LogP contribution in [0.3, 0.4) is 0 Å². The molecule has 0 aromatic heterocycles. The summed E-state index contributed by atoms with van der Waals surface area (Å²) in [6.45, 7) is 0. The Morgan fingerprint density at radius 3 is 2.43 bits per heavy atom. The van der Waals surface area contributed by atoms with E-state index in [1.807, 2.05) is 0 Å². The molecular formula is C8H5Cl2FO3. The van der Waals surface area contributed by atoms with Gasteiger partial charge in [-0.05, 0) is 17.7 Å². The van der Waals surface area contributed by atoms with Gasteiger partial charge in [-0.1, -0.05) is 23.2 Å². The van der Waals surface area contributed by atoms with Gasteiger partial charge in [0.15, 0.2) is 6.10 Å². The van der Waals surface area contributed by atoms with Crippen LogP contribution in [0, 0.1) is 5.82 Å². The van der Waals surface area contributed by atoms with E-state index in [0.717, 1.165) is 12.1 Å². The highest BCUT2D eigenvalue weighted by Gasteiger charge is 2.18. The number of aliphatic hydroxyl groups is 1. The van der Waals surface area contributed by atoms with Crippen LogP contribution in [0.5, 0.6) is 0 Å². The molecule has 0 fully saturated rings. The molecule has 0 spiro atoms. The van der Waals surface area contributed by atoms with E-state index in [-0.39, 0.29) is 15.6 Å². The van der Waals surface area contributed by atoms with Crippen molar-refractivity contribution in [3.05, 3.63) is 33.6 Å². The Balaban J connectivity index is 3.19. The van der Waals surface area contributed by atoms with Gasteiger partial charge in [-0.3, -0.25) is 0 Å². The summed E-state index contributed by atoms with van der Waals surface area (Å²) in [5.74, 6) is -2.35. The van der Waals surface area contributed by atoms with E-state index in [9.17, 15) is 9.18 Å². The van der Waals surface area contributed by atoms with Crippen LogP contribution in [-0.2, 0) is 4.79 Å². The molecule has 0 aliphatic carbocycles. The summed E-state index contributed by atoms with van der Waals surface area (Å²) in [6, 6.07) is 1.93. The maximum absolute atomic E-state index is 12.9. The standard InChI is InChI=1S/C8H5Cl2FO3/c9-4-1-3(7(12)8(13)14)2-5(11)6(4)10/h1-2,7,12H,(H,13,14)/t7-/m0/s1. The molecule has 1 aromatic rings. The van der Waals surface area contributed by atoms with Crippen molar-refractivity contribution in [2.75, 3.05) is 0 Å². The van der Waals surface area contributed by atoms with Crippen molar-refractivity contribution in [3.8, 4) is 0 Å². The molecule has 76 valence electrons. The minimum absolute atomic E-state index is 0.137. The van der Waals surface area contributed by atoms with Gasteiger partial charge in [-0.25, -0.2) is 9.18 Å². The fraction of sp³-hybridized carbons (Fsp3) is 0.125. The van der Waals surface area contributed by atoms with Gasteiger partial charge in [0, 0.05) is 0 Å². The first-order valence-electron chi connectivity index (χ1n) is 3.48. The number of carboxylic acids is 1. The van der Waals surface area contributed by atoms with Crippen molar-refractivity contribution in [1.82, 2.24) is 0 Å². The summed E-state index contributed by atoms with van der Waals surface area (Å²) in [5, 5.41) is 17.1. The highest BCUT2D eigenvalue weighted by atomic mass is 35.5. The van der Waals surface area contributed by atoms with Crippen LogP contribution in [0.25, 0.3) is 0 Å². The summed E-state index contributed by atoms with van der Waals surface area (Å²) in [4.78, 5) is 10.4. The number of halogens is 3. The number of carboxylic acid groups (broad SMARTS) is 1. The maximum Gasteiger partial charge on any atom is 0.337 e. The summed E-state index contributed by atoms with van der Waals surface area (Å²) in [5.41, 5.74) is -0.149. The highest BCUT2D eigenvalue weighted by Crippen LogP contribution is 2.28. The number of hydrogen-bond acceptors (Lipinski definition) is 2. The Morgan fingerprint density at radius 1 is 1.43 bits per heavy atom. The van der Waals surface area contributed by atoms with Crippen molar-refractivity contribution < 1.29 is 19.4 Å². The largest absolute Gasteiger partial charge is 0.479 e. The Hall–Kier alpha value is -0.840. The zero-order chi connectivity index (χ0) is 10.9. The molecule has 6 heteroatoms. The normalized spacial score (nSPS) is 12.6. The molecular weight excluding hydrogens is 234 g/mol. The molecule has 0 heterocycles. The SMILES string of the molecule is O=C(O)[C@@H](O)c1cc(F)c(Cl)c(Cl)c1. The molecule has 0 bridgehead atoms. The molecule has 0 aliphatic heterocycles. The van der Waals surface area contributed by atoms with Gasteiger partial charge in [0.05, 0.1) is 10.0 Å². The Kier molecular flexibility index (Phi) is 3.31. The number of aliphatic hydroxyl groups excluding tert-OH is 1. The average molecular weight is 239 g/mol. The molecule has 1 aromatic carbocycles. The predicted octanol–water partition coefficient (Wildman–Crippen LogP) is 2.25. The van der Waals surface area contributed by atoms with Crippen LogP contribution in [0.1, 0.15) is 11.7 Å². The second kappa shape index (κ2) is 4.13. The van der Waals surface area contributed by atoms with Gasteiger partial charge < -0.3 is 10.2 Å². The second-order valence-corrected chi connectivity index (χ2v) is 3.32. The lowest BCUT2D eigenvalue weighted by Gasteiger charge is -2.07. The summed E-state index contributed by atoms with van der Waals surface area (Å²) < 4.78 is 12.9. The highest BCUT2D eigenvalue weighted by molar-refractivity contribution is 6.42. The number of benzene rings is 1. The number of rotatable bonds is 2. The first-order valence-corrected chi connectivity index (χ1v) is 4.24. The fourth-order valence-corrected chi connectivity index (χ4v) is 1.20. The van der Waals surface area contributed by atoms with Crippen LogP contribution in [0.4, 0.5) is 4.39 Å².